The molecule has 3 nitrogen and oxygen atoms in total. The molecule has 182 valence electrons. The molecule has 31 heavy (non-hydrogen) atoms. The molecule has 0 aliphatic carbocycles. The molecule has 3 unspecified atom stereocenters. The number of rotatable bonds is 21. The van der Waals surface area contributed by atoms with Crippen molar-refractivity contribution in [3.63, 3.8) is 0 Å². The number of aliphatic imine (C=N–C) groups is 1. The van der Waals surface area contributed by atoms with Gasteiger partial charge >= 0.3 is 0 Å². The van der Waals surface area contributed by atoms with Gasteiger partial charge in [-0.05, 0) is 25.8 Å². The Labute approximate surface area is 195 Å². The van der Waals surface area contributed by atoms with Gasteiger partial charge in [0.05, 0.1) is 12.8 Å². The summed E-state index contributed by atoms with van der Waals surface area (Å²) in [6.07, 6.45) is 31.6. The average Bonchev–Trinajstić information content (AvgIpc) is 3.19. The Morgan fingerprint density at radius 1 is 0.806 bits per heavy atom. The normalized spacial score (nSPS) is 22.0. The highest BCUT2D eigenvalue weighted by Crippen LogP contribution is 2.24. The zero-order chi connectivity index (χ0) is 22.6. The van der Waals surface area contributed by atoms with Gasteiger partial charge in [0.2, 0.25) is 6.17 Å². The summed E-state index contributed by atoms with van der Waals surface area (Å²) in [4.78, 5) is 4.60. The van der Waals surface area contributed by atoms with Gasteiger partial charge in [-0.25, -0.2) is 4.99 Å². The van der Waals surface area contributed by atoms with Gasteiger partial charge < -0.3 is 5.11 Å². The molecule has 3 atom stereocenters. The Bertz CT molecular complexity index is 460. The molecule has 0 saturated heterocycles. The lowest BCUT2D eigenvalue weighted by Crippen LogP contribution is -2.57. The highest BCUT2D eigenvalue weighted by Gasteiger charge is 2.40. The highest BCUT2D eigenvalue weighted by atomic mass is 16.3. The second-order valence-corrected chi connectivity index (χ2v) is 9.85. The van der Waals surface area contributed by atoms with E-state index in [-0.39, 0.29) is 12.4 Å². The largest absolute Gasteiger partial charge is 0.345 e. The Kier molecular flexibility index (Phi) is 17.3. The molecular formula is C28H55N2O+. The van der Waals surface area contributed by atoms with Crippen LogP contribution < -0.4 is 0 Å². The molecule has 0 fully saturated rings. The van der Waals surface area contributed by atoms with Crippen LogP contribution in [0, 0.1) is 0 Å². The number of quaternary nitrogens is 1. The zero-order valence-corrected chi connectivity index (χ0v) is 21.4. The maximum atomic E-state index is 10.2. The van der Waals surface area contributed by atoms with Crippen molar-refractivity contribution in [1.82, 2.24) is 0 Å². The molecule has 0 amide bonds. The molecule has 0 aromatic carbocycles. The van der Waals surface area contributed by atoms with Crippen molar-refractivity contribution in [3.05, 3.63) is 12.2 Å². The number of likely N-dealkylation sites (N-methyl/N-ethyl adjacent to an activating group) is 1. The molecule has 1 aliphatic heterocycles. The van der Waals surface area contributed by atoms with Crippen molar-refractivity contribution < 1.29 is 9.59 Å². The smallest absolute Gasteiger partial charge is 0.204 e. The van der Waals surface area contributed by atoms with Gasteiger partial charge in [0.15, 0.2) is 6.23 Å². The van der Waals surface area contributed by atoms with Crippen LogP contribution in [0.5, 0.6) is 0 Å². The quantitative estimate of drug-likeness (QED) is 0.110. The fraction of sp³-hybridized carbons (Fsp3) is 0.893. The van der Waals surface area contributed by atoms with Gasteiger partial charge in [0.25, 0.3) is 0 Å². The minimum absolute atomic E-state index is 0.107. The fourth-order valence-electron chi connectivity index (χ4n) is 4.93. The standard InChI is InChI=1S/C28H55N2O/c1-4-6-7-8-9-10-11-12-13-14-15-16-17-18-19-20-21-22-23-24-28-29-25-26-30(28,5-2)27(3)31/h23-25,27-28,31H,4-22,26H2,1-3H3/q+1/b24-23+. The summed E-state index contributed by atoms with van der Waals surface area (Å²) in [5.74, 6) is 0. The number of unbranched alkanes of at least 4 members (excludes halogenated alkanes) is 17. The van der Waals surface area contributed by atoms with Crippen LogP contribution in [-0.4, -0.2) is 41.3 Å². The van der Waals surface area contributed by atoms with Crippen LogP contribution in [0.15, 0.2) is 17.1 Å². The second kappa shape index (κ2) is 18.9. The van der Waals surface area contributed by atoms with E-state index in [1.165, 1.54) is 109 Å². The molecule has 3 heteroatoms. The SMILES string of the molecule is CCCCCCCCCCCCCCCCCCC/C=C/C1N=CC[N+]1(CC)C(C)O. The maximum Gasteiger partial charge on any atom is 0.204 e. The van der Waals surface area contributed by atoms with E-state index in [1.807, 2.05) is 13.1 Å². The van der Waals surface area contributed by atoms with Crippen molar-refractivity contribution in [2.45, 2.75) is 149 Å². The average molecular weight is 436 g/mol. The lowest BCUT2D eigenvalue weighted by molar-refractivity contribution is -0.970. The third-order valence-corrected chi connectivity index (χ3v) is 7.32. The van der Waals surface area contributed by atoms with Crippen molar-refractivity contribution in [3.8, 4) is 0 Å². The molecule has 0 aromatic rings. The Morgan fingerprint density at radius 3 is 1.68 bits per heavy atom. The minimum atomic E-state index is -0.359. The molecule has 1 N–H and O–H groups in total. The number of aliphatic hydroxyl groups excluding tert-OH is 1. The molecule has 1 aliphatic rings. The maximum absolute atomic E-state index is 10.2. The molecule has 1 rings (SSSR count). The molecule has 0 bridgehead atoms. The third kappa shape index (κ3) is 12.2. The summed E-state index contributed by atoms with van der Waals surface area (Å²) < 4.78 is 0.662. The summed E-state index contributed by atoms with van der Waals surface area (Å²) in [6.45, 7) is 8.12. The lowest BCUT2D eigenvalue weighted by Gasteiger charge is -2.39. The summed E-state index contributed by atoms with van der Waals surface area (Å²) in [7, 11) is 0. The Balaban J connectivity index is 1.86. The topological polar surface area (TPSA) is 32.6 Å². The van der Waals surface area contributed by atoms with Crippen molar-refractivity contribution in [1.29, 1.82) is 0 Å². The van der Waals surface area contributed by atoms with Crippen LogP contribution in [0.4, 0.5) is 0 Å². The van der Waals surface area contributed by atoms with Gasteiger partial charge in [-0.3, -0.25) is 4.48 Å². The summed E-state index contributed by atoms with van der Waals surface area (Å²) >= 11 is 0. The molecular weight excluding hydrogens is 380 g/mol. The van der Waals surface area contributed by atoms with Crippen LogP contribution in [-0.2, 0) is 0 Å². The first-order valence-corrected chi connectivity index (χ1v) is 13.9. The van der Waals surface area contributed by atoms with Gasteiger partial charge in [-0.2, -0.15) is 0 Å². The zero-order valence-electron chi connectivity index (χ0n) is 21.4. The number of hydrogen-bond acceptors (Lipinski definition) is 2. The van der Waals surface area contributed by atoms with Crippen LogP contribution in [0.25, 0.3) is 0 Å². The van der Waals surface area contributed by atoms with E-state index >= 15 is 0 Å². The van der Waals surface area contributed by atoms with E-state index in [1.54, 1.807) is 0 Å². The molecule has 0 saturated carbocycles. The third-order valence-electron chi connectivity index (χ3n) is 7.32. The first kappa shape index (κ1) is 28.4. The van der Waals surface area contributed by atoms with E-state index in [2.05, 4.69) is 31.0 Å². The predicted octanol–water partition coefficient (Wildman–Crippen LogP) is 8.17. The minimum Gasteiger partial charge on any atom is -0.345 e. The number of aliphatic hydroxyl groups is 1. The molecule has 1 heterocycles. The van der Waals surface area contributed by atoms with Crippen molar-refractivity contribution in [2.24, 2.45) is 4.99 Å². The highest BCUT2D eigenvalue weighted by molar-refractivity contribution is 5.60. The predicted molar refractivity (Wildman–Crippen MR) is 138 cm³/mol. The van der Waals surface area contributed by atoms with Crippen LogP contribution >= 0.6 is 0 Å². The molecule has 0 radical (unpaired) electrons. The first-order chi connectivity index (χ1) is 15.2. The second-order valence-electron chi connectivity index (χ2n) is 9.85. The first-order valence-electron chi connectivity index (χ1n) is 13.9. The summed E-state index contributed by atoms with van der Waals surface area (Å²) in [5.41, 5.74) is 0. The van der Waals surface area contributed by atoms with Crippen LogP contribution in [0.3, 0.4) is 0 Å². The fourth-order valence-corrected chi connectivity index (χ4v) is 4.93. The number of hydrogen-bond donors (Lipinski definition) is 1. The van der Waals surface area contributed by atoms with Gasteiger partial charge in [-0.15, -0.1) is 0 Å². The van der Waals surface area contributed by atoms with E-state index < -0.39 is 0 Å². The Hall–Kier alpha value is -0.670. The summed E-state index contributed by atoms with van der Waals surface area (Å²) in [6, 6.07) is 0. The Morgan fingerprint density at radius 2 is 1.26 bits per heavy atom. The monoisotopic (exact) mass is 435 g/mol. The number of nitrogens with zero attached hydrogens (tertiary/aromatic N) is 2. The van der Waals surface area contributed by atoms with Crippen LogP contribution in [0.1, 0.15) is 136 Å². The molecule has 0 spiro atoms. The van der Waals surface area contributed by atoms with E-state index in [9.17, 15) is 5.11 Å². The van der Waals surface area contributed by atoms with E-state index in [4.69, 9.17) is 0 Å². The van der Waals surface area contributed by atoms with Crippen LogP contribution in [0.2, 0.25) is 0 Å². The van der Waals surface area contributed by atoms with Gasteiger partial charge in [-0.1, -0.05) is 116 Å². The van der Waals surface area contributed by atoms with E-state index in [0.717, 1.165) is 19.5 Å². The lowest BCUT2D eigenvalue weighted by atomic mass is 10.0. The van der Waals surface area contributed by atoms with E-state index in [0.29, 0.717) is 4.48 Å². The molecule has 0 aromatic heterocycles. The van der Waals surface area contributed by atoms with Crippen molar-refractivity contribution in [2.75, 3.05) is 13.1 Å². The van der Waals surface area contributed by atoms with Gasteiger partial charge in [0, 0.05) is 6.92 Å². The van der Waals surface area contributed by atoms with Gasteiger partial charge in [0.1, 0.15) is 6.54 Å². The van der Waals surface area contributed by atoms with Crippen molar-refractivity contribution >= 4 is 6.21 Å². The summed E-state index contributed by atoms with van der Waals surface area (Å²) in [5, 5.41) is 10.2. The number of allylic oxidation sites excluding steroid dienone is 1.